The molecule has 1 amide bonds. The van der Waals surface area contributed by atoms with Crippen LogP contribution in [-0.2, 0) is 16.1 Å². The predicted molar refractivity (Wildman–Crippen MR) is 109 cm³/mol. The summed E-state index contributed by atoms with van der Waals surface area (Å²) in [6.07, 6.45) is 4.51. The van der Waals surface area contributed by atoms with Gasteiger partial charge in [0.05, 0.1) is 0 Å². The van der Waals surface area contributed by atoms with E-state index in [9.17, 15) is 9.59 Å². The summed E-state index contributed by atoms with van der Waals surface area (Å²) in [7, 11) is 0. The summed E-state index contributed by atoms with van der Waals surface area (Å²) in [5.74, 6) is 0.0901. The maximum absolute atomic E-state index is 12.5. The first-order valence-corrected chi connectivity index (χ1v) is 10.9. The molecule has 0 saturated heterocycles. The second kappa shape index (κ2) is 10.9. The SMILES string of the molecule is CSCC[C@H](NC(=O)c1ccccc1)C(=O)OCc1ccc(SC)cc1. The minimum absolute atomic E-state index is 0.199. The Labute approximate surface area is 163 Å². The molecule has 1 atom stereocenters. The monoisotopic (exact) mass is 389 g/mol. The molecule has 0 fully saturated rings. The van der Waals surface area contributed by atoms with Gasteiger partial charge in [-0.3, -0.25) is 4.79 Å². The Balaban J connectivity index is 1.95. The van der Waals surface area contributed by atoms with Crippen molar-refractivity contribution in [1.29, 1.82) is 0 Å². The van der Waals surface area contributed by atoms with Crippen molar-refractivity contribution >= 4 is 35.4 Å². The molecule has 0 saturated carbocycles. The molecule has 0 aliphatic rings. The molecule has 2 rings (SSSR count). The third-order valence-electron chi connectivity index (χ3n) is 3.78. The molecule has 0 aromatic heterocycles. The quantitative estimate of drug-likeness (QED) is 0.519. The number of hydrogen-bond acceptors (Lipinski definition) is 5. The summed E-state index contributed by atoms with van der Waals surface area (Å²) in [4.78, 5) is 26.0. The third-order valence-corrected chi connectivity index (χ3v) is 5.16. The molecule has 2 aromatic rings. The van der Waals surface area contributed by atoms with Crippen LogP contribution in [0.3, 0.4) is 0 Å². The molecule has 4 nitrogen and oxygen atoms in total. The maximum atomic E-state index is 12.5. The van der Waals surface area contributed by atoms with Gasteiger partial charge in [-0.05, 0) is 54.5 Å². The van der Waals surface area contributed by atoms with Crippen molar-refractivity contribution in [1.82, 2.24) is 5.32 Å². The molecule has 1 N–H and O–H groups in total. The lowest BCUT2D eigenvalue weighted by Gasteiger charge is -2.17. The number of rotatable bonds is 9. The summed E-state index contributed by atoms with van der Waals surface area (Å²) in [5.41, 5.74) is 1.45. The number of thioether (sulfide) groups is 2. The van der Waals surface area contributed by atoms with Gasteiger partial charge in [-0.15, -0.1) is 11.8 Å². The van der Waals surface area contributed by atoms with Gasteiger partial charge in [-0.25, -0.2) is 4.79 Å². The number of ether oxygens (including phenoxy) is 1. The average molecular weight is 390 g/mol. The number of carbonyl (C=O) groups excluding carboxylic acids is 2. The zero-order chi connectivity index (χ0) is 18.8. The van der Waals surface area contributed by atoms with Crippen molar-refractivity contribution in [3.63, 3.8) is 0 Å². The Hall–Kier alpha value is -1.92. The lowest BCUT2D eigenvalue weighted by atomic mass is 10.1. The molecule has 0 bridgehead atoms. The van der Waals surface area contributed by atoms with Gasteiger partial charge in [-0.2, -0.15) is 11.8 Å². The highest BCUT2D eigenvalue weighted by Gasteiger charge is 2.22. The first-order valence-electron chi connectivity index (χ1n) is 8.28. The number of benzene rings is 2. The highest BCUT2D eigenvalue weighted by atomic mass is 32.2. The zero-order valence-electron chi connectivity index (χ0n) is 14.9. The Kier molecular flexibility index (Phi) is 8.58. The van der Waals surface area contributed by atoms with E-state index < -0.39 is 12.0 Å². The number of nitrogens with one attached hydrogen (secondary N) is 1. The second-order valence-corrected chi connectivity index (χ2v) is 7.49. The van der Waals surface area contributed by atoms with Crippen LogP contribution in [0.5, 0.6) is 0 Å². The number of esters is 1. The van der Waals surface area contributed by atoms with Crippen molar-refractivity contribution in [2.45, 2.75) is 24.0 Å². The van der Waals surface area contributed by atoms with Crippen LogP contribution < -0.4 is 5.32 Å². The topological polar surface area (TPSA) is 55.4 Å². The van der Waals surface area contributed by atoms with Gasteiger partial charge in [0.15, 0.2) is 0 Å². The smallest absolute Gasteiger partial charge is 0.329 e. The molecule has 0 aliphatic carbocycles. The van der Waals surface area contributed by atoms with Crippen molar-refractivity contribution in [2.24, 2.45) is 0 Å². The van der Waals surface area contributed by atoms with Crippen molar-refractivity contribution < 1.29 is 14.3 Å². The first-order chi connectivity index (χ1) is 12.6. The van der Waals surface area contributed by atoms with Gasteiger partial charge in [0.1, 0.15) is 12.6 Å². The minimum atomic E-state index is -0.652. The van der Waals surface area contributed by atoms with Crippen LogP contribution in [0, 0.1) is 0 Å². The van der Waals surface area contributed by atoms with E-state index >= 15 is 0 Å². The fourth-order valence-electron chi connectivity index (χ4n) is 2.29. The predicted octanol–water partition coefficient (Wildman–Crippen LogP) is 4.00. The van der Waals surface area contributed by atoms with Crippen LogP contribution in [0.4, 0.5) is 0 Å². The molecule has 0 heterocycles. The lowest BCUT2D eigenvalue weighted by Crippen LogP contribution is -2.42. The van der Waals surface area contributed by atoms with Crippen molar-refractivity contribution in [3.8, 4) is 0 Å². The van der Waals surface area contributed by atoms with Crippen LogP contribution in [-0.4, -0.2) is 36.2 Å². The van der Waals surface area contributed by atoms with Crippen LogP contribution in [0.25, 0.3) is 0 Å². The summed E-state index contributed by atoms with van der Waals surface area (Å²) >= 11 is 3.29. The summed E-state index contributed by atoms with van der Waals surface area (Å²) < 4.78 is 5.43. The van der Waals surface area contributed by atoms with E-state index in [1.54, 1.807) is 47.8 Å². The van der Waals surface area contributed by atoms with Crippen LogP contribution in [0.15, 0.2) is 59.5 Å². The summed E-state index contributed by atoms with van der Waals surface area (Å²) in [5, 5.41) is 2.79. The van der Waals surface area contributed by atoms with Crippen LogP contribution >= 0.6 is 23.5 Å². The number of amides is 1. The molecule has 138 valence electrons. The van der Waals surface area contributed by atoms with E-state index in [2.05, 4.69) is 5.32 Å². The second-order valence-electron chi connectivity index (χ2n) is 5.63. The van der Waals surface area contributed by atoms with Gasteiger partial charge in [0, 0.05) is 10.5 Å². The standard InChI is InChI=1S/C20H23NO3S2/c1-25-13-12-18(21-19(22)16-6-4-3-5-7-16)20(23)24-14-15-8-10-17(26-2)11-9-15/h3-11,18H,12-14H2,1-2H3,(H,21,22)/t18-/m0/s1. The molecule has 2 aromatic carbocycles. The van der Waals surface area contributed by atoms with Gasteiger partial charge in [0.2, 0.25) is 0 Å². The van der Waals surface area contributed by atoms with Crippen molar-refractivity contribution in [2.75, 3.05) is 18.3 Å². The largest absolute Gasteiger partial charge is 0.459 e. The van der Waals surface area contributed by atoms with Gasteiger partial charge < -0.3 is 10.1 Å². The fourth-order valence-corrected chi connectivity index (χ4v) is 3.17. The van der Waals surface area contributed by atoms with Crippen LogP contribution in [0.1, 0.15) is 22.3 Å². The Morgan fingerprint density at radius 2 is 1.73 bits per heavy atom. The van der Waals surface area contributed by atoms with E-state index in [1.807, 2.05) is 42.8 Å². The molecule has 0 radical (unpaired) electrons. The number of carbonyl (C=O) groups is 2. The first kappa shape index (κ1) is 20.4. The Morgan fingerprint density at radius 3 is 2.35 bits per heavy atom. The van der Waals surface area contributed by atoms with E-state index in [0.29, 0.717) is 12.0 Å². The fraction of sp³-hybridized carbons (Fsp3) is 0.300. The minimum Gasteiger partial charge on any atom is -0.459 e. The molecule has 0 aliphatic heterocycles. The molecule has 6 heteroatoms. The third kappa shape index (κ3) is 6.42. The molecule has 0 unspecified atom stereocenters. The molecule has 26 heavy (non-hydrogen) atoms. The van der Waals surface area contributed by atoms with Crippen LogP contribution in [0.2, 0.25) is 0 Å². The van der Waals surface area contributed by atoms with E-state index in [0.717, 1.165) is 16.2 Å². The lowest BCUT2D eigenvalue weighted by molar-refractivity contribution is -0.147. The summed E-state index contributed by atoms with van der Waals surface area (Å²) in [6, 6.07) is 16.1. The molecular formula is C20H23NO3S2. The normalized spacial score (nSPS) is 11.6. The molecular weight excluding hydrogens is 366 g/mol. The highest BCUT2D eigenvalue weighted by Crippen LogP contribution is 2.15. The van der Waals surface area contributed by atoms with E-state index in [1.165, 1.54) is 0 Å². The summed E-state index contributed by atoms with van der Waals surface area (Å²) in [6.45, 7) is 0.199. The Morgan fingerprint density at radius 1 is 1.04 bits per heavy atom. The highest BCUT2D eigenvalue weighted by molar-refractivity contribution is 7.98. The van der Waals surface area contributed by atoms with Crippen molar-refractivity contribution in [3.05, 3.63) is 65.7 Å². The van der Waals surface area contributed by atoms with E-state index in [-0.39, 0.29) is 12.5 Å². The molecule has 0 spiro atoms. The Bertz CT molecular complexity index is 705. The van der Waals surface area contributed by atoms with Gasteiger partial charge >= 0.3 is 5.97 Å². The maximum Gasteiger partial charge on any atom is 0.329 e. The van der Waals surface area contributed by atoms with E-state index in [4.69, 9.17) is 4.74 Å². The van der Waals surface area contributed by atoms with Gasteiger partial charge in [0.25, 0.3) is 5.91 Å². The average Bonchev–Trinajstić information content (AvgIpc) is 2.70. The zero-order valence-corrected chi connectivity index (χ0v) is 16.6. The number of hydrogen-bond donors (Lipinski definition) is 1. The van der Waals surface area contributed by atoms with Gasteiger partial charge in [-0.1, -0.05) is 30.3 Å².